The van der Waals surface area contributed by atoms with E-state index in [1.54, 1.807) is 48.5 Å². The van der Waals surface area contributed by atoms with E-state index in [1.165, 1.54) is 4.90 Å². The quantitative estimate of drug-likeness (QED) is 0.574. The van der Waals surface area contributed by atoms with E-state index in [0.717, 1.165) is 0 Å². The summed E-state index contributed by atoms with van der Waals surface area (Å²) in [4.78, 5) is 48.6. The summed E-state index contributed by atoms with van der Waals surface area (Å²) >= 11 is 0. The molecule has 1 aliphatic heterocycles. The molecule has 7 heteroatoms. The molecule has 29 heavy (non-hydrogen) atoms. The highest BCUT2D eigenvalue weighted by molar-refractivity contribution is 6.21. The first kappa shape index (κ1) is 19.8. The van der Waals surface area contributed by atoms with E-state index in [0.29, 0.717) is 28.7 Å². The van der Waals surface area contributed by atoms with Gasteiger partial charge in [-0.25, -0.2) is 0 Å². The highest BCUT2D eigenvalue weighted by Crippen LogP contribution is 2.22. The van der Waals surface area contributed by atoms with Gasteiger partial charge in [-0.2, -0.15) is 0 Å². The van der Waals surface area contributed by atoms with E-state index in [9.17, 15) is 19.2 Å². The molecule has 0 spiro atoms. The summed E-state index contributed by atoms with van der Waals surface area (Å²) in [6.45, 7) is 0.362. The van der Waals surface area contributed by atoms with Gasteiger partial charge in [0.1, 0.15) is 0 Å². The minimum absolute atomic E-state index is 0.170. The van der Waals surface area contributed by atoms with Gasteiger partial charge in [0, 0.05) is 24.1 Å². The van der Waals surface area contributed by atoms with Gasteiger partial charge in [0.05, 0.1) is 17.7 Å². The van der Waals surface area contributed by atoms with Gasteiger partial charge in [-0.1, -0.05) is 24.0 Å². The lowest BCUT2D eigenvalue weighted by atomic mass is 10.1. The first-order chi connectivity index (χ1) is 14.0. The molecule has 0 bridgehead atoms. The molecule has 0 aliphatic carbocycles. The zero-order valence-electron chi connectivity index (χ0n) is 15.6. The summed E-state index contributed by atoms with van der Waals surface area (Å²) in [5.74, 6) is 4.35. The summed E-state index contributed by atoms with van der Waals surface area (Å²) in [6.07, 6.45) is 0.557. The van der Waals surface area contributed by atoms with Crippen LogP contribution in [0.5, 0.6) is 0 Å². The molecule has 0 atom stereocenters. The van der Waals surface area contributed by atoms with Crippen molar-refractivity contribution < 1.29 is 19.2 Å². The number of carbonyl (C=O) groups is 4. The van der Waals surface area contributed by atoms with E-state index in [4.69, 9.17) is 5.73 Å². The van der Waals surface area contributed by atoms with Gasteiger partial charge in [0.2, 0.25) is 11.8 Å². The first-order valence-electron chi connectivity index (χ1n) is 9.08. The van der Waals surface area contributed by atoms with E-state index in [-0.39, 0.29) is 37.2 Å². The Kier molecular flexibility index (Phi) is 6.05. The van der Waals surface area contributed by atoms with Crippen molar-refractivity contribution in [2.24, 2.45) is 5.73 Å². The Morgan fingerprint density at radius 1 is 0.966 bits per heavy atom. The van der Waals surface area contributed by atoms with E-state index < -0.39 is 5.91 Å². The van der Waals surface area contributed by atoms with Crippen LogP contribution in [0.25, 0.3) is 0 Å². The number of carbonyl (C=O) groups excluding carboxylic acids is 4. The maximum Gasteiger partial charge on any atom is 0.261 e. The molecule has 0 saturated heterocycles. The van der Waals surface area contributed by atoms with Crippen molar-refractivity contribution in [1.82, 2.24) is 10.2 Å². The fraction of sp³-hybridized carbons (Fsp3) is 0.182. The number of hydrogen-bond acceptors (Lipinski definition) is 4. The van der Waals surface area contributed by atoms with E-state index in [2.05, 4.69) is 17.2 Å². The molecule has 1 heterocycles. The molecule has 0 fully saturated rings. The van der Waals surface area contributed by atoms with Gasteiger partial charge < -0.3 is 11.1 Å². The molecule has 0 aromatic heterocycles. The number of benzene rings is 2. The third kappa shape index (κ3) is 4.68. The SMILES string of the molecule is NC(=O)c1ccc(C#CCNC(=O)CCCN2C(=O)c3ccccc3C2=O)cc1. The molecule has 3 N–H and O–H groups in total. The first-order valence-corrected chi connectivity index (χ1v) is 9.08. The van der Waals surface area contributed by atoms with Crippen LogP contribution in [0.3, 0.4) is 0 Å². The van der Waals surface area contributed by atoms with Gasteiger partial charge in [-0.15, -0.1) is 0 Å². The van der Waals surface area contributed by atoms with Crippen molar-refractivity contribution in [3.63, 3.8) is 0 Å². The number of amides is 4. The van der Waals surface area contributed by atoms with Crippen LogP contribution in [0.2, 0.25) is 0 Å². The fourth-order valence-electron chi connectivity index (χ4n) is 2.94. The van der Waals surface area contributed by atoms with Crippen molar-refractivity contribution in [3.8, 4) is 11.8 Å². The predicted octanol–water partition coefficient (Wildman–Crippen LogP) is 1.33. The Bertz CT molecular complexity index is 997. The Balaban J connectivity index is 1.41. The third-order valence-electron chi connectivity index (χ3n) is 4.44. The minimum Gasteiger partial charge on any atom is -0.366 e. The maximum absolute atomic E-state index is 12.2. The van der Waals surface area contributed by atoms with Crippen LogP contribution in [0.1, 0.15) is 49.5 Å². The largest absolute Gasteiger partial charge is 0.366 e. The molecule has 0 unspecified atom stereocenters. The lowest BCUT2D eigenvalue weighted by Crippen LogP contribution is -2.32. The molecule has 1 aliphatic rings. The summed E-state index contributed by atoms with van der Waals surface area (Å²) in [5, 5.41) is 2.67. The summed E-state index contributed by atoms with van der Waals surface area (Å²) in [6, 6.07) is 13.2. The Labute approximate surface area is 167 Å². The van der Waals surface area contributed by atoms with Crippen molar-refractivity contribution in [2.45, 2.75) is 12.8 Å². The molecular weight excluding hydrogens is 370 g/mol. The fourth-order valence-corrected chi connectivity index (χ4v) is 2.94. The summed E-state index contributed by atoms with van der Waals surface area (Å²) in [7, 11) is 0. The Hall–Kier alpha value is -3.92. The molecule has 7 nitrogen and oxygen atoms in total. The average molecular weight is 389 g/mol. The molecular formula is C22H19N3O4. The van der Waals surface area contributed by atoms with Crippen molar-refractivity contribution >= 4 is 23.6 Å². The number of nitrogens with zero attached hydrogens (tertiary/aromatic N) is 1. The second-order valence-electron chi connectivity index (χ2n) is 6.43. The normalized spacial score (nSPS) is 12.2. The van der Waals surface area contributed by atoms with E-state index in [1.807, 2.05) is 0 Å². The molecule has 2 aromatic carbocycles. The van der Waals surface area contributed by atoms with Crippen LogP contribution >= 0.6 is 0 Å². The number of nitrogens with two attached hydrogens (primary N) is 1. The highest BCUT2D eigenvalue weighted by atomic mass is 16.2. The van der Waals surface area contributed by atoms with E-state index >= 15 is 0 Å². The Morgan fingerprint density at radius 3 is 2.17 bits per heavy atom. The number of primary amides is 1. The second kappa shape index (κ2) is 8.85. The number of rotatable bonds is 6. The monoisotopic (exact) mass is 389 g/mol. The smallest absolute Gasteiger partial charge is 0.261 e. The molecule has 3 rings (SSSR count). The number of hydrogen-bond donors (Lipinski definition) is 2. The zero-order chi connectivity index (χ0) is 20.8. The van der Waals surface area contributed by atoms with Crippen LogP contribution in [-0.2, 0) is 4.79 Å². The van der Waals surface area contributed by atoms with Crippen LogP contribution in [0.4, 0.5) is 0 Å². The zero-order valence-corrected chi connectivity index (χ0v) is 15.6. The molecule has 0 saturated carbocycles. The lowest BCUT2D eigenvalue weighted by Gasteiger charge is -2.13. The van der Waals surface area contributed by atoms with Gasteiger partial charge in [0.15, 0.2) is 0 Å². The summed E-state index contributed by atoms with van der Waals surface area (Å²) in [5.41, 5.74) is 7.09. The molecule has 4 amide bonds. The van der Waals surface area contributed by atoms with Gasteiger partial charge in [0.25, 0.3) is 11.8 Å². The van der Waals surface area contributed by atoms with Gasteiger partial charge in [-0.3, -0.25) is 24.1 Å². The number of imide groups is 1. The van der Waals surface area contributed by atoms with Crippen molar-refractivity contribution in [2.75, 3.05) is 13.1 Å². The van der Waals surface area contributed by atoms with Crippen molar-refractivity contribution in [1.29, 1.82) is 0 Å². The topological polar surface area (TPSA) is 110 Å². The Morgan fingerprint density at radius 2 is 1.59 bits per heavy atom. The highest BCUT2D eigenvalue weighted by Gasteiger charge is 2.34. The van der Waals surface area contributed by atoms with Gasteiger partial charge in [-0.05, 0) is 42.8 Å². The minimum atomic E-state index is -0.502. The standard InChI is InChI=1S/C22H19N3O4/c23-20(27)16-11-9-15(10-12-16)5-3-13-24-19(26)8-4-14-25-21(28)17-6-1-2-7-18(17)22(25)29/h1-2,6-7,9-12H,4,8,13-14H2,(H2,23,27)(H,24,26). The summed E-state index contributed by atoms with van der Waals surface area (Å²) < 4.78 is 0. The molecule has 2 aromatic rings. The van der Waals surface area contributed by atoms with Crippen LogP contribution in [0.15, 0.2) is 48.5 Å². The van der Waals surface area contributed by atoms with Crippen LogP contribution in [0, 0.1) is 11.8 Å². The van der Waals surface area contributed by atoms with Gasteiger partial charge >= 0.3 is 0 Å². The average Bonchev–Trinajstić information content (AvgIpc) is 2.96. The number of fused-ring (bicyclic) bond motifs is 1. The maximum atomic E-state index is 12.2. The lowest BCUT2D eigenvalue weighted by molar-refractivity contribution is -0.121. The molecule has 0 radical (unpaired) electrons. The second-order valence-corrected chi connectivity index (χ2v) is 6.43. The number of nitrogens with one attached hydrogen (secondary N) is 1. The van der Waals surface area contributed by atoms with Crippen LogP contribution < -0.4 is 11.1 Å². The molecule has 146 valence electrons. The van der Waals surface area contributed by atoms with Crippen LogP contribution in [-0.4, -0.2) is 41.6 Å². The third-order valence-corrected chi connectivity index (χ3v) is 4.44. The van der Waals surface area contributed by atoms with Crippen molar-refractivity contribution in [3.05, 3.63) is 70.8 Å². The predicted molar refractivity (Wildman–Crippen MR) is 106 cm³/mol.